The Morgan fingerprint density at radius 3 is 2.47 bits per heavy atom. The fourth-order valence-corrected chi connectivity index (χ4v) is 2.23. The summed E-state index contributed by atoms with van der Waals surface area (Å²) in [6, 6.07) is 10.3. The average Bonchev–Trinajstić information content (AvgIpc) is 2.75. The third kappa shape index (κ3) is 2.80. The van der Waals surface area contributed by atoms with Gasteiger partial charge < -0.3 is 5.11 Å². The van der Waals surface area contributed by atoms with Gasteiger partial charge in [0.1, 0.15) is 0 Å². The van der Waals surface area contributed by atoms with Gasteiger partial charge in [0.25, 0.3) is 0 Å². The summed E-state index contributed by atoms with van der Waals surface area (Å²) in [4.78, 5) is 0. The molecule has 1 aromatic carbocycles. The van der Waals surface area contributed by atoms with Gasteiger partial charge in [-0.2, -0.15) is 5.10 Å². The van der Waals surface area contributed by atoms with Crippen LogP contribution in [-0.2, 0) is 6.42 Å². The first-order valence-electron chi connectivity index (χ1n) is 7.01. The number of benzene rings is 1. The molecule has 3 nitrogen and oxygen atoms in total. The summed E-state index contributed by atoms with van der Waals surface area (Å²) in [7, 11) is 0. The third-order valence-corrected chi connectivity index (χ3v) is 3.30. The summed E-state index contributed by atoms with van der Waals surface area (Å²) in [5.74, 6) is 0.322. The molecular formula is C16H22N2O. The van der Waals surface area contributed by atoms with Crippen molar-refractivity contribution in [1.82, 2.24) is 9.78 Å². The predicted octanol–water partition coefficient (Wildman–Crippen LogP) is 4.18. The number of nitrogens with zero attached hydrogens (tertiary/aromatic N) is 2. The first kappa shape index (κ1) is 13.7. The van der Waals surface area contributed by atoms with Gasteiger partial charge in [-0.05, 0) is 26.7 Å². The zero-order valence-corrected chi connectivity index (χ0v) is 11.9. The third-order valence-electron chi connectivity index (χ3n) is 3.30. The van der Waals surface area contributed by atoms with Gasteiger partial charge in [0.15, 0.2) is 0 Å². The lowest BCUT2D eigenvalue weighted by atomic mass is 10.0. The second kappa shape index (κ2) is 5.91. The Labute approximate surface area is 114 Å². The van der Waals surface area contributed by atoms with E-state index in [4.69, 9.17) is 0 Å². The number of hydrogen-bond donors (Lipinski definition) is 1. The Bertz CT molecular complexity index is 529. The lowest BCUT2D eigenvalue weighted by Crippen LogP contribution is -2.02. The van der Waals surface area contributed by atoms with E-state index >= 15 is 0 Å². The highest BCUT2D eigenvalue weighted by atomic mass is 16.3. The maximum atomic E-state index is 10.4. The van der Waals surface area contributed by atoms with Crippen LogP contribution in [0.15, 0.2) is 30.3 Å². The molecule has 102 valence electrons. The average molecular weight is 258 g/mol. The highest BCUT2D eigenvalue weighted by Crippen LogP contribution is 2.32. The lowest BCUT2D eigenvalue weighted by molar-refractivity contribution is 0.373. The van der Waals surface area contributed by atoms with E-state index in [0.717, 1.165) is 36.1 Å². The van der Waals surface area contributed by atoms with Crippen molar-refractivity contribution in [3.63, 3.8) is 0 Å². The highest BCUT2D eigenvalue weighted by molar-refractivity contribution is 5.65. The van der Waals surface area contributed by atoms with E-state index in [2.05, 4.69) is 12.0 Å². The molecule has 0 amide bonds. The van der Waals surface area contributed by atoms with Gasteiger partial charge in [-0.15, -0.1) is 0 Å². The molecule has 0 atom stereocenters. The zero-order chi connectivity index (χ0) is 13.8. The SMILES string of the molecule is CCCCc1c(-c2ccccc2)nn(C(C)C)c1O. The van der Waals surface area contributed by atoms with E-state index in [1.54, 1.807) is 4.68 Å². The summed E-state index contributed by atoms with van der Waals surface area (Å²) >= 11 is 0. The first-order chi connectivity index (χ1) is 9.15. The molecule has 3 heteroatoms. The molecule has 0 bridgehead atoms. The molecule has 0 spiro atoms. The van der Waals surface area contributed by atoms with Crippen LogP contribution in [0.4, 0.5) is 0 Å². The largest absolute Gasteiger partial charge is 0.493 e. The van der Waals surface area contributed by atoms with Gasteiger partial charge in [-0.1, -0.05) is 43.7 Å². The number of aromatic nitrogens is 2. The van der Waals surface area contributed by atoms with Crippen molar-refractivity contribution in [1.29, 1.82) is 0 Å². The van der Waals surface area contributed by atoms with Crippen LogP contribution in [0.5, 0.6) is 5.88 Å². The Morgan fingerprint density at radius 1 is 1.21 bits per heavy atom. The van der Waals surface area contributed by atoms with Gasteiger partial charge in [-0.25, -0.2) is 4.68 Å². The monoisotopic (exact) mass is 258 g/mol. The minimum Gasteiger partial charge on any atom is -0.493 e. The van der Waals surface area contributed by atoms with E-state index in [0.29, 0.717) is 5.88 Å². The zero-order valence-electron chi connectivity index (χ0n) is 11.9. The second-order valence-corrected chi connectivity index (χ2v) is 5.16. The first-order valence-corrected chi connectivity index (χ1v) is 7.01. The van der Waals surface area contributed by atoms with Crippen LogP contribution in [0.2, 0.25) is 0 Å². The van der Waals surface area contributed by atoms with Gasteiger partial charge in [0.05, 0.1) is 11.7 Å². The summed E-state index contributed by atoms with van der Waals surface area (Å²) in [6.45, 7) is 6.22. The minimum absolute atomic E-state index is 0.165. The number of unbranched alkanes of at least 4 members (excludes halogenated alkanes) is 1. The molecule has 1 heterocycles. The molecule has 0 saturated heterocycles. The van der Waals surface area contributed by atoms with Crippen LogP contribution in [0.3, 0.4) is 0 Å². The van der Waals surface area contributed by atoms with Crippen LogP contribution in [0.25, 0.3) is 11.3 Å². The molecule has 0 saturated carbocycles. The van der Waals surface area contributed by atoms with Gasteiger partial charge in [-0.3, -0.25) is 0 Å². The highest BCUT2D eigenvalue weighted by Gasteiger charge is 2.19. The molecule has 2 aromatic rings. The number of rotatable bonds is 5. The summed E-state index contributed by atoms with van der Waals surface area (Å²) in [5.41, 5.74) is 2.96. The van der Waals surface area contributed by atoms with Crippen LogP contribution >= 0.6 is 0 Å². The van der Waals surface area contributed by atoms with Gasteiger partial charge >= 0.3 is 0 Å². The van der Waals surface area contributed by atoms with Crippen molar-refractivity contribution in [3.8, 4) is 17.1 Å². The quantitative estimate of drug-likeness (QED) is 0.873. The van der Waals surface area contributed by atoms with Gasteiger partial charge in [0.2, 0.25) is 5.88 Å². The summed E-state index contributed by atoms with van der Waals surface area (Å²) in [5, 5.41) is 15.0. The predicted molar refractivity (Wildman–Crippen MR) is 78.3 cm³/mol. The van der Waals surface area contributed by atoms with Crippen LogP contribution < -0.4 is 0 Å². The van der Waals surface area contributed by atoms with E-state index < -0.39 is 0 Å². The fraction of sp³-hybridized carbons (Fsp3) is 0.438. The van der Waals surface area contributed by atoms with Crippen LogP contribution in [0, 0.1) is 0 Å². The van der Waals surface area contributed by atoms with E-state index in [1.165, 1.54) is 0 Å². The molecule has 1 N–H and O–H groups in total. The molecule has 0 unspecified atom stereocenters. The lowest BCUT2D eigenvalue weighted by Gasteiger charge is -2.06. The summed E-state index contributed by atoms with van der Waals surface area (Å²) in [6.07, 6.45) is 3.05. The molecule has 2 rings (SSSR count). The van der Waals surface area contributed by atoms with E-state index in [9.17, 15) is 5.11 Å². The molecule has 1 aromatic heterocycles. The normalized spacial score (nSPS) is 11.2. The molecule has 0 radical (unpaired) electrons. The maximum absolute atomic E-state index is 10.4. The second-order valence-electron chi connectivity index (χ2n) is 5.16. The minimum atomic E-state index is 0.165. The molecule has 19 heavy (non-hydrogen) atoms. The smallest absolute Gasteiger partial charge is 0.213 e. The Balaban J connectivity index is 2.49. The molecule has 0 aliphatic heterocycles. The van der Waals surface area contributed by atoms with Crippen molar-refractivity contribution in [2.45, 2.75) is 46.1 Å². The summed E-state index contributed by atoms with van der Waals surface area (Å²) < 4.78 is 1.72. The van der Waals surface area contributed by atoms with Crippen molar-refractivity contribution in [3.05, 3.63) is 35.9 Å². The van der Waals surface area contributed by atoms with Gasteiger partial charge in [0, 0.05) is 11.1 Å². The van der Waals surface area contributed by atoms with Crippen molar-refractivity contribution < 1.29 is 5.11 Å². The van der Waals surface area contributed by atoms with Crippen molar-refractivity contribution in [2.24, 2.45) is 0 Å². The maximum Gasteiger partial charge on any atom is 0.213 e. The molecule has 0 fully saturated rings. The van der Waals surface area contributed by atoms with Crippen LogP contribution in [0.1, 0.15) is 45.2 Å². The molecular weight excluding hydrogens is 236 g/mol. The van der Waals surface area contributed by atoms with E-state index in [-0.39, 0.29) is 6.04 Å². The van der Waals surface area contributed by atoms with Crippen molar-refractivity contribution >= 4 is 0 Å². The topological polar surface area (TPSA) is 38.0 Å². The Hall–Kier alpha value is -1.77. The number of aromatic hydroxyl groups is 1. The Morgan fingerprint density at radius 2 is 1.89 bits per heavy atom. The number of hydrogen-bond acceptors (Lipinski definition) is 2. The standard InChI is InChI=1S/C16H22N2O/c1-4-5-11-14-15(13-9-7-6-8-10-13)17-18(12(2)3)16(14)19/h6-10,12,19H,4-5,11H2,1-3H3. The van der Waals surface area contributed by atoms with Crippen LogP contribution in [-0.4, -0.2) is 14.9 Å². The van der Waals surface area contributed by atoms with E-state index in [1.807, 2.05) is 44.2 Å². The Kier molecular flexibility index (Phi) is 4.25. The fourth-order valence-electron chi connectivity index (χ4n) is 2.23. The van der Waals surface area contributed by atoms with Crippen molar-refractivity contribution in [2.75, 3.05) is 0 Å². The molecule has 0 aliphatic carbocycles. The molecule has 0 aliphatic rings.